The molecule has 1 saturated heterocycles. The normalized spacial score (nSPS) is 15.3. The fourth-order valence-electron chi connectivity index (χ4n) is 3.76. The molecule has 0 aliphatic carbocycles. The molecule has 0 atom stereocenters. The highest BCUT2D eigenvalue weighted by molar-refractivity contribution is 8.18. The Kier molecular flexibility index (Phi) is 9.12. The van der Waals surface area contributed by atoms with E-state index in [9.17, 15) is 14.9 Å². The summed E-state index contributed by atoms with van der Waals surface area (Å²) in [5, 5.41) is 12.5. The van der Waals surface area contributed by atoms with E-state index >= 15 is 0 Å². The van der Waals surface area contributed by atoms with Gasteiger partial charge in [0, 0.05) is 20.3 Å². The fourth-order valence-corrected chi connectivity index (χ4v) is 4.77. The number of methoxy groups -OCH3 is 2. The Morgan fingerprint density at radius 3 is 2.39 bits per heavy atom. The number of nitrogens with zero attached hydrogens (tertiary/aromatic N) is 3. The summed E-state index contributed by atoms with van der Waals surface area (Å²) in [4.78, 5) is 31.4. The number of hydrogen-bond donors (Lipinski definition) is 0. The SMILES string of the molecule is COCCCN1C(=O)/C(=C\c2cc(OC)c(OCc3ccccc3)cc2[N+](=O)[O-])SC1=Nc1ccccc1. The van der Waals surface area contributed by atoms with Crippen LogP contribution in [0.4, 0.5) is 11.4 Å². The fraction of sp³-hybridized carbons (Fsp3) is 0.214. The predicted octanol–water partition coefficient (Wildman–Crippen LogP) is 5.82. The number of ether oxygens (including phenoxy) is 3. The van der Waals surface area contributed by atoms with E-state index in [0.29, 0.717) is 41.1 Å². The van der Waals surface area contributed by atoms with Crippen molar-refractivity contribution in [3.05, 3.63) is 98.9 Å². The number of hydrogen-bond acceptors (Lipinski definition) is 8. The van der Waals surface area contributed by atoms with E-state index < -0.39 is 4.92 Å². The van der Waals surface area contributed by atoms with Crippen LogP contribution in [0.25, 0.3) is 6.08 Å². The van der Waals surface area contributed by atoms with Crippen molar-refractivity contribution in [2.75, 3.05) is 27.4 Å². The van der Waals surface area contributed by atoms with Crippen molar-refractivity contribution in [1.82, 2.24) is 4.90 Å². The molecule has 0 bridgehead atoms. The van der Waals surface area contributed by atoms with Gasteiger partial charge in [0.05, 0.1) is 34.3 Å². The molecule has 0 N–H and O–H groups in total. The smallest absolute Gasteiger partial charge is 0.280 e. The van der Waals surface area contributed by atoms with Gasteiger partial charge in [-0.3, -0.25) is 19.8 Å². The number of aliphatic imine (C=N–C) groups is 1. The summed E-state index contributed by atoms with van der Waals surface area (Å²) in [5.74, 6) is 0.283. The first-order valence-corrected chi connectivity index (χ1v) is 12.7. The summed E-state index contributed by atoms with van der Waals surface area (Å²) in [5.41, 5.74) is 1.64. The summed E-state index contributed by atoms with van der Waals surface area (Å²) >= 11 is 1.17. The van der Waals surface area contributed by atoms with Gasteiger partial charge in [0.25, 0.3) is 11.6 Å². The molecule has 3 aromatic carbocycles. The van der Waals surface area contributed by atoms with Crippen LogP contribution >= 0.6 is 11.8 Å². The standard InChI is InChI=1S/C28H27N3O6S/c1-35-15-9-14-30-27(32)26(38-28(30)29-22-12-7-4-8-13-22)17-21-16-24(36-2)25(18-23(21)31(33)34)37-19-20-10-5-3-6-11-20/h3-8,10-13,16-18H,9,14-15,19H2,1-2H3/b26-17+,29-28?. The molecule has 0 saturated carbocycles. The number of nitro groups is 1. The topological polar surface area (TPSA) is 104 Å². The minimum atomic E-state index is -0.499. The number of carbonyl (C=O) groups excluding carboxylic acids is 1. The summed E-state index contributed by atoms with van der Waals surface area (Å²) in [6.07, 6.45) is 2.12. The monoisotopic (exact) mass is 533 g/mol. The molecule has 0 aromatic heterocycles. The minimum Gasteiger partial charge on any atom is -0.493 e. The molecule has 3 aromatic rings. The van der Waals surface area contributed by atoms with Gasteiger partial charge >= 0.3 is 0 Å². The van der Waals surface area contributed by atoms with Gasteiger partial charge in [0.15, 0.2) is 16.7 Å². The van der Waals surface area contributed by atoms with Gasteiger partial charge < -0.3 is 14.2 Å². The van der Waals surface area contributed by atoms with E-state index in [4.69, 9.17) is 14.2 Å². The molecule has 196 valence electrons. The van der Waals surface area contributed by atoms with E-state index in [2.05, 4.69) is 4.99 Å². The average Bonchev–Trinajstić information content (AvgIpc) is 3.22. The third-order valence-corrected chi connectivity index (χ3v) is 6.64. The molecule has 1 heterocycles. The van der Waals surface area contributed by atoms with Crippen LogP contribution in [0.15, 0.2) is 82.7 Å². The first-order chi connectivity index (χ1) is 18.5. The van der Waals surface area contributed by atoms with Crippen LogP contribution in [-0.4, -0.2) is 48.3 Å². The molecule has 10 heteroatoms. The van der Waals surface area contributed by atoms with Gasteiger partial charge in [0.2, 0.25) is 0 Å². The Morgan fingerprint density at radius 1 is 1.03 bits per heavy atom. The first-order valence-electron chi connectivity index (χ1n) is 11.9. The van der Waals surface area contributed by atoms with E-state index in [1.165, 1.54) is 37.1 Å². The van der Waals surface area contributed by atoms with Gasteiger partial charge in [-0.2, -0.15) is 0 Å². The number of thioether (sulfide) groups is 1. The lowest BCUT2D eigenvalue weighted by atomic mass is 10.1. The lowest BCUT2D eigenvalue weighted by Crippen LogP contribution is -2.30. The second-order valence-electron chi connectivity index (χ2n) is 8.24. The van der Waals surface area contributed by atoms with Crippen LogP contribution in [0, 0.1) is 10.1 Å². The summed E-state index contributed by atoms with van der Waals surface area (Å²) in [6, 6.07) is 21.6. The van der Waals surface area contributed by atoms with Crippen LogP contribution in [-0.2, 0) is 16.1 Å². The number of amidine groups is 1. The number of carbonyl (C=O) groups is 1. The van der Waals surface area contributed by atoms with Crippen LogP contribution in [0.3, 0.4) is 0 Å². The molecule has 1 fully saturated rings. The number of benzene rings is 3. The minimum absolute atomic E-state index is 0.200. The maximum atomic E-state index is 13.4. The van der Waals surface area contributed by atoms with E-state index in [-0.39, 0.29) is 29.5 Å². The Hall–Kier alpha value is -4.15. The molecule has 4 rings (SSSR count). The van der Waals surface area contributed by atoms with Crippen molar-refractivity contribution in [3.8, 4) is 11.5 Å². The Morgan fingerprint density at radius 2 is 1.74 bits per heavy atom. The first kappa shape index (κ1) is 26.9. The zero-order valence-electron chi connectivity index (χ0n) is 21.0. The van der Waals surface area contributed by atoms with Crippen molar-refractivity contribution in [2.24, 2.45) is 4.99 Å². The maximum Gasteiger partial charge on any atom is 0.280 e. The zero-order valence-corrected chi connectivity index (χ0v) is 21.8. The van der Waals surface area contributed by atoms with Gasteiger partial charge in [0.1, 0.15) is 6.61 Å². The number of para-hydroxylation sites is 1. The van der Waals surface area contributed by atoms with Crippen LogP contribution in [0.2, 0.25) is 0 Å². The highest BCUT2D eigenvalue weighted by atomic mass is 32.2. The summed E-state index contributed by atoms with van der Waals surface area (Å²) < 4.78 is 16.5. The van der Waals surface area contributed by atoms with Gasteiger partial charge in [-0.25, -0.2) is 4.99 Å². The average molecular weight is 534 g/mol. The molecule has 0 unspecified atom stereocenters. The highest BCUT2D eigenvalue weighted by Crippen LogP contribution is 2.39. The molecule has 9 nitrogen and oxygen atoms in total. The van der Waals surface area contributed by atoms with E-state index in [0.717, 1.165) is 5.56 Å². The molecular weight excluding hydrogens is 506 g/mol. The third kappa shape index (κ3) is 6.58. The van der Waals surface area contributed by atoms with Crippen LogP contribution in [0.1, 0.15) is 17.5 Å². The largest absolute Gasteiger partial charge is 0.493 e. The Balaban J connectivity index is 1.67. The molecular formula is C28H27N3O6S. The molecule has 1 amide bonds. The summed E-state index contributed by atoms with van der Waals surface area (Å²) in [6.45, 7) is 1.11. The van der Waals surface area contributed by atoms with E-state index in [1.54, 1.807) is 12.0 Å². The summed E-state index contributed by atoms with van der Waals surface area (Å²) in [7, 11) is 3.07. The van der Waals surface area contributed by atoms with Gasteiger partial charge in [-0.1, -0.05) is 48.5 Å². The second-order valence-corrected chi connectivity index (χ2v) is 9.25. The van der Waals surface area contributed by atoms with Crippen molar-refractivity contribution in [2.45, 2.75) is 13.0 Å². The van der Waals surface area contributed by atoms with Crippen LogP contribution in [0.5, 0.6) is 11.5 Å². The zero-order chi connectivity index (χ0) is 26.9. The quantitative estimate of drug-likeness (QED) is 0.132. The highest BCUT2D eigenvalue weighted by Gasteiger charge is 2.34. The molecule has 1 aliphatic rings. The molecule has 38 heavy (non-hydrogen) atoms. The number of nitro benzene ring substituents is 1. The van der Waals surface area contributed by atoms with E-state index in [1.807, 2.05) is 60.7 Å². The lowest BCUT2D eigenvalue weighted by Gasteiger charge is -2.15. The third-order valence-electron chi connectivity index (χ3n) is 5.63. The van der Waals surface area contributed by atoms with Crippen molar-refractivity contribution in [3.63, 3.8) is 0 Å². The lowest BCUT2D eigenvalue weighted by molar-refractivity contribution is -0.385. The molecule has 0 spiro atoms. The predicted molar refractivity (Wildman–Crippen MR) is 148 cm³/mol. The van der Waals surface area contributed by atoms with Gasteiger partial charge in [-0.05, 0) is 48.0 Å². The maximum absolute atomic E-state index is 13.4. The number of rotatable bonds is 11. The second kappa shape index (κ2) is 12.9. The van der Waals surface area contributed by atoms with Crippen molar-refractivity contribution < 1.29 is 23.9 Å². The molecule has 1 aliphatic heterocycles. The Bertz CT molecular complexity index is 1350. The van der Waals surface area contributed by atoms with Crippen molar-refractivity contribution in [1.29, 1.82) is 0 Å². The van der Waals surface area contributed by atoms with Crippen molar-refractivity contribution >= 4 is 40.3 Å². The Labute approximate surface area is 224 Å². The van der Waals surface area contributed by atoms with Gasteiger partial charge in [-0.15, -0.1) is 0 Å². The number of amides is 1. The van der Waals surface area contributed by atoms with Crippen LogP contribution < -0.4 is 9.47 Å². The molecule has 0 radical (unpaired) electrons.